The van der Waals surface area contributed by atoms with Gasteiger partial charge in [-0.1, -0.05) is 28.1 Å². The zero-order valence-corrected chi connectivity index (χ0v) is 10.7. The number of hydrogen-bond donors (Lipinski definition) is 1. The molecule has 0 saturated carbocycles. The molecular formula is C12H12BrNO3. The summed E-state index contributed by atoms with van der Waals surface area (Å²) in [5.41, 5.74) is 0.399. The normalized spacial score (nSPS) is 9.47. The summed E-state index contributed by atoms with van der Waals surface area (Å²) in [6, 6.07) is 6.77. The molecule has 0 saturated heterocycles. The Morgan fingerprint density at radius 1 is 1.47 bits per heavy atom. The van der Waals surface area contributed by atoms with Crippen molar-refractivity contribution >= 4 is 27.8 Å². The molecule has 0 radical (unpaired) electrons. The smallest absolute Gasteiger partial charge is 0.338 e. The van der Waals surface area contributed by atoms with Crippen LogP contribution in [-0.4, -0.2) is 25.0 Å². The average Bonchev–Trinajstić information content (AvgIpc) is 2.33. The van der Waals surface area contributed by atoms with E-state index in [4.69, 9.17) is 4.74 Å². The Kier molecular flexibility index (Phi) is 5.42. The van der Waals surface area contributed by atoms with Gasteiger partial charge in [0.1, 0.15) is 0 Å². The Labute approximate surface area is 108 Å². The first-order valence-corrected chi connectivity index (χ1v) is 5.73. The SMILES string of the molecule is C=CCNC(=O)COC(=O)c1cccc(Br)c1. The monoisotopic (exact) mass is 297 g/mol. The highest BCUT2D eigenvalue weighted by Crippen LogP contribution is 2.12. The molecule has 1 amide bonds. The molecule has 0 aliphatic rings. The van der Waals surface area contributed by atoms with Crippen LogP contribution in [0.5, 0.6) is 0 Å². The van der Waals surface area contributed by atoms with Gasteiger partial charge in [-0.25, -0.2) is 4.79 Å². The van der Waals surface area contributed by atoms with E-state index < -0.39 is 5.97 Å². The lowest BCUT2D eigenvalue weighted by atomic mass is 10.2. The van der Waals surface area contributed by atoms with Gasteiger partial charge in [0, 0.05) is 11.0 Å². The number of esters is 1. The number of rotatable bonds is 5. The molecular weight excluding hydrogens is 286 g/mol. The van der Waals surface area contributed by atoms with Crippen LogP contribution in [0.2, 0.25) is 0 Å². The molecule has 17 heavy (non-hydrogen) atoms. The third kappa shape index (κ3) is 4.82. The van der Waals surface area contributed by atoms with Crippen molar-refractivity contribution in [3.05, 3.63) is 47.0 Å². The highest BCUT2D eigenvalue weighted by Gasteiger charge is 2.09. The topological polar surface area (TPSA) is 55.4 Å². The molecule has 0 atom stereocenters. The van der Waals surface area contributed by atoms with Crippen LogP contribution in [-0.2, 0) is 9.53 Å². The van der Waals surface area contributed by atoms with Crippen molar-refractivity contribution in [3.8, 4) is 0 Å². The van der Waals surface area contributed by atoms with Crippen LogP contribution >= 0.6 is 15.9 Å². The van der Waals surface area contributed by atoms with E-state index in [2.05, 4.69) is 27.8 Å². The van der Waals surface area contributed by atoms with Gasteiger partial charge in [-0.05, 0) is 18.2 Å². The molecule has 5 heteroatoms. The average molecular weight is 298 g/mol. The van der Waals surface area contributed by atoms with Gasteiger partial charge >= 0.3 is 5.97 Å². The molecule has 0 heterocycles. The quantitative estimate of drug-likeness (QED) is 0.667. The Balaban J connectivity index is 2.45. The number of hydrogen-bond acceptors (Lipinski definition) is 3. The summed E-state index contributed by atoms with van der Waals surface area (Å²) in [6.07, 6.45) is 1.55. The van der Waals surface area contributed by atoms with E-state index in [1.54, 1.807) is 30.3 Å². The molecule has 4 nitrogen and oxygen atoms in total. The molecule has 0 unspecified atom stereocenters. The second kappa shape index (κ2) is 6.85. The summed E-state index contributed by atoms with van der Waals surface area (Å²) in [4.78, 5) is 22.7. The van der Waals surface area contributed by atoms with Crippen molar-refractivity contribution in [1.29, 1.82) is 0 Å². The third-order valence-electron chi connectivity index (χ3n) is 1.84. The first kappa shape index (κ1) is 13.4. The molecule has 90 valence electrons. The lowest BCUT2D eigenvalue weighted by Crippen LogP contribution is -2.28. The maximum atomic E-state index is 11.5. The summed E-state index contributed by atoms with van der Waals surface area (Å²) in [7, 11) is 0. The minimum absolute atomic E-state index is 0.292. The summed E-state index contributed by atoms with van der Waals surface area (Å²) in [5, 5.41) is 2.51. The highest BCUT2D eigenvalue weighted by atomic mass is 79.9. The van der Waals surface area contributed by atoms with Crippen molar-refractivity contribution < 1.29 is 14.3 Å². The number of amides is 1. The number of nitrogens with one attached hydrogen (secondary N) is 1. The predicted molar refractivity (Wildman–Crippen MR) is 67.6 cm³/mol. The van der Waals surface area contributed by atoms with Crippen molar-refractivity contribution in [2.24, 2.45) is 0 Å². The van der Waals surface area contributed by atoms with Crippen molar-refractivity contribution in [2.45, 2.75) is 0 Å². The van der Waals surface area contributed by atoms with Crippen LogP contribution in [0, 0.1) is 0 Å². The fourth-order valence-corrected chi connectivity index (χ4v) is 1.47. The molecule has 0 bridgehead atoms. The number of benzene rings is 1. The number of ether oxygens (including phenoxy) is 1. The van der Waals surface area contributed by atoms with E-state index in [9.17, 15) is 9.59 Å². The molecule has 1 aromatic rings. The van der Waals surface area contributed by atoms with Gasteiger partial charge in [0.15, 0.2) is 6.61 Å². The van der Waals surface area contributed by atoms with Gasteiger partial charge in [-0.3, -0.25) is 4.79 Å². The molecule has 0 aliphatic heterocycles. The van der Waals surface area contributed by atoms with Crippen LogP contribution in [0.25, 0.3) is 0 Å². The predicted octanol–water partition coefficient (Wildman–Crippen LogP) is 1.91. The number of carbonyl (C=O) groups is 2. The maximum absolute atomic E-state index is 11.5. The Morgan fingerprint density at radius 3 is 2.88 bits per heavy atom. The van der Waals surface area contributed by atoms with Crippen LogP contribution < -0.4 is 5.32 Å². The lowest BCUT2D eigenvalue weighted by Gasteiger charge is -2.05. The second-order valence-electron chi connectivity index (χ2n) is 3.18. The van der Waals surface area contributed by atoms with Crippen LogP contribution in [0.4, 0.5) is 0 Å². The largest absolute Gasteiger partial charge is 0.452 e. The number of carbonyl (C=O) groups excluding carboxylic acids is 2. The number of halogens is 1. The summed E-state index contributed by atoms with van der Waals surface area (Å²) >= 11 is 3.25. The summed E-state index contributed by atoms with van der Waals surface area (Å²) in [5.74, 6) is -0.881. The zero-order valence-electron chi connectivity index (χ0n) is 9.11. The van der Waals surface area contributed by atoms with Crippen molar-refractivity contribution in [1.82, 2.24) is 5.32 Å². The Bertz CT molecular complexity index is 432. The molecule has 1 N–H and O–H groups in total. The fourth-order valence-electron chi connectivity index (χ4n) is 1.07. The third-order valence-corrected chi connectivity index (χ3v) is 2.33. The van der Waals surface area contributed by atoms with E-state index in [-0.39, 0.29) is 12.5 Å². The second-order valence-corrected chi connectivity index (χ2v) is 4.09. The standard InChI is InChI=1S/C12H12BrNO3/c1-2-6-14-11(15)8-17-12(16)9-4-3-5-10(13)7-9/h2-5,7H,1,6,8H2,(H,14,15). The molecule has 1 aromatic carbocycles. The van der Waals surface area contributed by atoms with Gasteiger partial charge in [0.2, 0.25) is 0 Å². The Hall–Kier alpha value is -1.62. The van der Waals surface area contributed by atoms with Gasteiger partial charge in [0.25, 0.3) is 5.91 Å². The van der Waals surface area contributed by atoms with Crippen LogP contribution in [0.3, 0.4) is 0 Å². The molecule has 0 aliphatic carbocycles. The van der Waals surface area contributed by atoms with Gasteiger partial charge < -0.3 is 10.1 Å². The zero-order chi connectivity index (χ0) is 12.7. The lowest BCUT2D eigenvalue weighted by molar-refractivity contribution is -0.124. The van der Waals surface area contributed by atoms with Gasteiger partial charge in [-0.15, -0.1) is 6.58 Å². The van der Waals surface area contributed by atoms with Gasteiger partial charge in [0.05, 0.1) is 5.56 Å². The Morgan fingerprint density at radius 2 is 2.24 bits per heavy atom. The van der Waals surface area contributed by atoms with Crippen molar-refractivity contribution in [3.63, 3.8) is 0 Å². The minimum atomic E-state index is -0.528. The molecule has 0 fully saturated rings. The van der Waals surface area contributed by atoms with Crippen molar-refractivity contribution in [2.75, 3.05) is 13.2 Å². The highest BCUT2D eigenvalue weighted by molar-refractivity contribution is 9.10. The van der Waals surface area contributed by atoms with E-state index in [1.807, 2.05) is 0 Å². The molecule has 0 aromatic heterocycles. The van der Waals surface area contributed by atoms with E-state index in [0.29, 0.717) is 12.1 Å². The van der Waals surface area contributed by atoms with E-state index >= 15 is 0 Å². The molecule has 0 spiro atoms. The molecule has 1 rings (SSSR count). The van der Waals surface area contributed by atoms with Gasteiger partial charge in [-0.2, -0.15) is 0 Å². The fraction of sp³-hybridized carbons (Fsp3) is 0.167. The van der Waals surface area contributed by atoms with Crippen LogP contribution in [0.15, 0.2) is 41.4 Å². The maximum Gasteiger partial charge on any atom is 0.338 e. The van der Waals surface area contributed by atoms with Crippen LogP contribution in [0.1, 0.15) is 10.4 Å². The first-order chi connectivity index (χ1) is 8.13. The van der Waals surface area contributed by atoms with E-state index in [0.717, 1.165) is 4.47 Å². The minimum Gasteiger partial charge on any atom is -0.452 e. The summed E-state index contributed by atoms with van der Waals surface area (Å²) < 4.78 is 5.62. The first-order valence-electron chi connectivity index (χ1n) is 4.94. The summed E-state index contributed by atoms with van der Waals surface area (Å²) in [6.45, 7) is 3.52. The van der Waals surface area contributed by atoms with E-state index in [1.165, 1.54) is 0 Å².